The van der Waals surface area contributed by atoms with E-state index < -0.39 is 0 Å². The van der Waals surface area contributed by atoms with Crippen LogP contribution in [0, 0.1) is 0 Å². The zero-order chi connectivity index (χ0) is 14.5. The Balaban J connectivity index is 2.02. The highest BCUT2D eigenvalue weighted by Gasteiger charge is 1.97. The van der Waals surface area contributed by atoms with Gasteiger partial charge in [0, 0.05) is 19.6 Å². The number of nitrogens with two attached hydrogens (primary N) is 1. The lowest BCUT2D eigenvalue weighted by Gasteiger charge is -2.04. The summed E-state index contributed by atoms with van der Waals surface area (Å²) in [5.41, 5.74) is 6.32. The molecule has 1 aromatic rings. The number of ether oxygens (including phenoxy) is 2. The molecule has 20 heavy (non-hydrogen) atoms. The third-order valence-corrected chi connectivity index (χ3v) is 2.61. The quantitative estimate of drug-likeness (QED) is 0.496. The summed E-state index contributed by atoms with van der Waals surface area (Å²) in [5.74, 6) is 0.122. The molecule has 0 spiro atoms. The second kappa shape index (κ2) is 11.3. The molecule has 0 heterocycles. The van der Waals surface area contributed by atoms with Crippen LogP contribution in [-0.2, 0) is 14.3 Å². The number of allylic oxidation sites excluding steroid dienone is 1. The van der Waals surface area contributed by atoms with E-state index in [2.05, 4.69) is 0 Å². The highest BCUT2D eigenvalue weighted by atomic mass is 16.5. The molecule has 4 nitrogen and oxygen atoms in total. The standard InChI is InChI=1S/C16H23NO3/c17-10-12-20-14-13-19-11-4-7-16(18)9-8-15-5-2-1-3-6-15/h1-3,5-6,8-9H,4,7,10-14,17H2/b9-8+. The lowest BCUT2D eigenvalue weighted by Crippen LogP contribution is -2.12. The molecule has 110 valence electrons. The van der Waals surface area contributed by atoms with Crippen LogP contribution in [0.15, 0.2) is 36.4 Å². The summed E-state index contributed by atoms with van der Waals surface area (Å²) in [5, 5.41) is 0. The molecule has 0 saturated carbocycles. The summed E-state index contributed by atoms with van der Waals surface area (Å²) in [4.78, 5) is 11.6. The van der Waals surface area contributed by atoms with Crippen molar-refractivity contribution < 1.29 is 14.3 Å². The molecule has 0 aliphatic heterocycles. The number of ketones is 1. The van der Waals surface area contributed by atoms with Gasteiger partial charge in [-0.1, -0.05) is 36.4 Å². The van der Waals surface area contributed by atoms with Crippen molar-refractivity contribution in [2.45, 2.75) is 12.8 Å². The van der Waals surface area contributed by atoms with E-state index in [1.54, 1.807) is 6.08 Å². The van der Waals surface area contributed by atoms with E-state index in [9.17, 15) is 4.79 Å². The number of carbonyl (C=O) groups excluding carboxylic acids is 1. The van der Waals surface area contributed by atoms with E-state index in [1.165, 1.54) is 0 Å². The third kappa shape index (κ3) is 8.58. The van der Waals surface area contributed by atoms with E-state index in [1.807, 2.05) is 36.4 Å². The van der Waals surface area contributed by atoms with Gasteiger partial charge < -0.3 is 15.2 Å². The molecule has 2 N–H and O–H groups in total. The lowest BCUT2D eigenvalue weighted by molar-refractivity contribution is -0.114. The number of hydrogen-bond acceptors (Lipinski definition) is 4. The summed E-state index contributed by atoms with van der Waals surface area (Å²) in [6.07, 6.45) is 4.70. The summed E-state index contributed by atoms with van der Waals surface area (Å²) < 4.78 is 10.5. The first-order valence-electron chi connectivity index (χ1n) is 6.94. The fraction of sp³-hybridized carbons (Fsp3) is 0.438. The summed E-state index contributed by atoms with van der Waals surface area (Å²) >= 11 is 0. The minimum absolute atomic E-state index is 0.122. The van der Waals surface area contributed by atoms with Crippen LogP contribution in [-0.4, -0.2) is 38.8 Å². The Morgan fingerprint density at radius 2 is 1.75 bits per heavy atom. The van der Waals surface area contributed by atoms with Crippen molar-refractivity contribution in [2.24, 2.45) is 5.73 Å². The predicted octanol–water partition coefficient (Wildman–Crippen LogP) is 2.04. The van der Waals surface area contributed by atoms with Crippen LogP contribution in [0.2, 0.25) is 0 Å². The van der Waals surface area contributed by atoms with Gasteiger partial charge in [-0.15, -0.1) is 0 Å². The van der Waals surface area contributed by atoms with Crippen LogP contribution < -0.4 is 5.73 Å². The Labute approximate surface area is 120 Å². The second-order valence-corrected chi connectivity index (χ2v) is 4.33. The molecule has 0 saturated heterocycles. The Bertz CT molecular complexity index is 390. The predicted molar refractivity (Wildman–Crippen MR) is 80.4 cm³/mol. The van der Waals surface area contributed by atoms with Gasteiger partial charge in [-0.05, 0) is 18.1 Å². The van der Waals surface area contributed by atoms with Crippen LogP contribution in [0.3, 0.4) is 0 Å². The molecular formula is C16H23NO3. The van der Waals surface area contributed by atoms with Gasteiger partial charge in [-0.3, -0.25) is 4.79 Å². The average molecular weight is 277 g/mol. The Hall–Kier alpha value is -1.49. The highest BCUT2D eigenvalue weighted by molar-refractivity contribution is 5.93. The van der Waals surface area contributed by atoms with Crippen LogP contribution in [0.25, 0.3) is 6.08 Å². The Morgan fingerprint density at radius 1 is 1.05 bits per heavy atom. The molecule has 0 bridgehead atoms. The summed E-state index contributed by atoms with van der Waals surface area (Å²) in [6.45, 7) is 2.78. The second-order valence-electron chi connectivity index (χ2n) is 4.33. The van der Waals surface area contributed by atoms with E-state index in [0.29, 0.717) is 39.4 Å². The monoisotopic (exact) mass is 277 g/mol. The van der Waals surface area contributed by atoms with Crippen molar-refractivity contribution in [1.82, 2.24) is 0 Å². The summed E-state index contributed by atoms with van der Waals surface area (Å²) in [7, 11) is 0. The minimum atomic E-state index is 0.122. The van der Waals surface area contributed by atoms with Gasteiger partial charge in [0.15, 0.2) is 5.78 Å². The first-order chi connectivity index (χ1) is 9.83. The average Bonchev–Trinajstić information content (AvgIpc) is 2.49. The number of rotatable bonds is 11. The fourth-order valence-electron chi connectivity index (χ4n) is 1.59. The van der Waals surface area contributed by atoms with Crippen molar-refractivity contribution in [1.29, 1.82) is 0 Å². The Kier molecular flexibility index (Phi) is 9.40. The van der Waals surface area contributed by atoms with Gasteiger partial charge >= 0.3 is 0 Å². The van der Waals surface area contributed by atoms with E-state index >= 15 is 0 Å². The van der Waals surface area contributed by atoms with Crippen molar-refractivity contribution in [3.05, 3.63) is 42.0 Å². The van der Waals surface area contributed by atoms with Crippen LogP contribution in [0.4, 0.5) is 0 Å². The van der Waals surface area contributed by atoms with Gasteiger partial charge in [0.1, 0.15) is 0 Å². The van der Waals surface area contributed by atoms with Gasteiger partial charge in [0.2, 0.25) is 0 Å². The zero-order valence-corrected chi connectivity index (χ0v) is 11.8. The normalized spacial score (nSPS) is 11.1. The van der Waals surface area contributed by atoms with E-state index in [0.717, 1.165) is 12.0 Å². The molecule has 0 amide bonds. The van der Waals surface area contributed by atoms with Crippen molar-refractivity contribution in [3.8, 4) is 0 Å². The van der Waals surface area contributed by atoms with Gasteiger partial charge in [-0.2, -0.15) is 0 Å². The minimum Gasteiger partial charge on any atom is -0.379 e. The maximum atomic E-state index is 11.6. The lowest BCUT2D eigenvalue weighted by atomic mass is 10.1. The number of carbonyl (C=O) groups is 1. The molecule has 0 atom stereocenters. The molecule has 1 aromatic carbocycles. The fourth-order valence-corrected chi connectivity index (χ4v) is 1.59. The first-order valence-corrected chi connectivity index (χ1v) is 6.94. The molecular weight excluding hydrogens is 254 g/mol. The molecule has 0 radical (unpaired) electrons. The third-order valence-electron chi connectivity index (χ3n) is 2.61. The van der Waals surface area contributed by atoms with Crippen LogP contribution >= 0.6 is 0 Å². The van der Waals surface area contributed by atoms with Crippen molar-refractivity contribution in [2.75, 3.05) is 33.0 Å². The molecule has 0 fully saturated rings. The maximum absolute atomic E-state index is 11.6. The maximum Gasteiger partial charge on any atom is 0.155 e. The van der Waals surface area contributed by atoms with Crippen LogP contribution in [0.5, 0.6) is 0 Å². The van der Waals surface area contributed by atoms with E-state index in [4.69, 9.17) is 15.2 Å². The van der Waals surface area contributed by atoms with Crippen molar-refractivity contribution in [3.63, 3.8) is 0 Å². The number of benzene rings is 1. The molecule has 4 heteroatoms. The topological polar surface area (TPSA) is 61.6 Å². The van der Waals surface area contributed by atoms with Gasteiger partial charge in [0.05, 0.1) is 19.8 Å². The van der Waals surface area contributed by atoms with E-state index in [-0.39, 0.29) is 5.78 Å². The molecule has 0 unspecified atom stereocenters. The number of hydrogen-bond donors (Lipinski definition) is 1. The molecule has 1 rings (SSSR count). The smallest absolute Gasteiger partial charge is 0.155 e. The molecule has 0 aliphatic carbocycles. The van der Waals surface area contributed by atoms with Gasteiger partial charge in [0.25, 0.3) is 0 Å². The van der Waals surface area contributed by atoms with Crippen molar-refractivity contribution >= 4 is 11.9 Å². The largest absolute Gasteiger partial charge is 0.379 e. The molecule has 0 aromatic heterocycles. The van der Waals surface area contributed by atoms with Gasteiger partial charge in [-0.25, -0.2) is 0 Å². The summed E-state index contributed by atoms with van der Waals surface area (Å²) in [6, 6.07) is 9.78. The SMILES string of the molecule is NCCOCCOCCCC(=O)/C=C/c1ccccc1. The highest BCUT2D eigenvalue weighted by Crippen LogP contribution is 2.02. The Morgan fingerprint density at radius 3 is 2.45 bits per heavy atom. The zero-order valence-electron chi connectivity index (χ0n) is 11.8. The first kappa shape index (κ1) is 16.6. The molecule has 0 aliphatic rings. The van der Waals surface area contributed by atoms with Crippen LogP contribution in [0.1, 0.15) is 18.4 Å².